The Morgan fingerprint density at radius 3 is 2.69 bits per heavy atom. The van der Waals surface area contributed by atoms with Gasteiger partial charge in [-0.05, 0) is 43.4 Å². The molecule has 0 bridgehead atoms. The molecule has 0 heterocycles. The maximum Gasteiger partial charge on any atom is 0.220 e. The predicted octanol–water partition coefficient (Wildman–Crippen LogP) is 3.35. The average molecular weight is 258 g/mol. The molecule has 0 aliphatic carbocycles. The minimum absolute atomic E-state index is 0.138. The van der Waals surface area contributed by atoms with Crippen molar-refractivity contribution in [2.45, 2.75) is 24.7 Å². The predicted molar refractivity (Wildman–Crippen MR) is 70.1 cm³/mol. The number of thioether (sulfide) groups is 1. The van der Waals surface area contributed by atoms with Gasteiger partial charge in [0.05, 0.1) is 0 Å². The van der Waals surface area contributed by atoms with Gasteiger partial charge in [0.25, 0.3) is 0 Å². The van der Waals surface area contributed by atoms with Crippen LogP contribution in [0.25, 0.3) is 0 Å². The van der Waals surface area contributed by atoms with Crippen molar-refractivity contribution >= 4 is 29.3 Å². The Bertz CT molecular complexity index is 326. The molecule has 0 aliphatic rings. The fourth-order valence-corrected chi connectivity index (χ4v) is 2.22. The molecule has 0 unspecified atom stereocenters. The standard InChI is InChI=1S/C12H16ClNOS/c1-2-14-12(15)4-3-9-16-11-7-5-10(13)6-8-11/h5-8H,2-4,9H2,1H3,(H,14,15). The van der Waals surface area contributed by atoms with Crippen LogP contribution >= 0.6 is 23.4 Å². The second-order valence-corrected chi connectivity index (χ2v) is 4.96. The lowest BCUT2D eigenvalue weighted by Crippen LogP contribution is -2.22. The molecule has 0 fully saturated rings. The molecule has 0 atom stereocenters. The average Bonchev–Trinajstić information content (AvgIpc) is 2.27. The first-order valence-corrected chi connectivity index (χ1v) is 6.74. The van der Waals surface area contributed by atoms with Crippen molar-refractivity contribution in [3.8, 4) is 0 Å². The number of carbonyl (C=O) groups is 1. The molecule has 88 valence electrons. The molecular weight excluding hydrogens is 242 g/mol. The van der Waals surface area contributed by atoms with Crippen molar-refractivity contribution < 1.29 is 4.79 Å². The number of hydrogen-bond donors (Lipinski definition) is 1. The third-order valence-corrected chi connectivity index (χ3v) is 3.35. The maximum atomic E-state index is 11.2. The third kappa shape index (κ3) is 5.42. The summed E-state index contributed by atoms with van der Waals surface area (Å²) in [7, 11) is 0. The second kappa shape index (κ2) is 7.58. The molecule has 0 aliphatic heterocycles. The summed E-state index contributed by atoms with van der Waals surface area (Å²) in [4.78, 5) is 12.4. The van der Waals surface area contributed by atoms with Gasteiger partial charge in [0, 0.05) is 22.9 Å². The van der Waals surface area contributed by atoms with Crippen molar-refractivity contribution in [3.63, 3.8) is 0 Å². The Kier molecular flexibility index (Phi) is 6.34. The number of halogens is 1. The number of rotatable bonds is 6. The summed E-state index contributed by atoms with van der Waals surface area (Å²) in [6, 6.07) is 7.76. The first-order valence-electron chi connectivity index (χ1n) is 5.37. The van der Waals surface area contributed by atoms with Gasteiger partial charge >= 0.3 is 0 Å². The lowest BCUT2D eigenvalue weighted by molar-refractivity contribution is -0.120. The van der Waals surface area contributed by atoms with Crippen LogP contribution in [0, 0.1) is 0 Å². The van der Waals surface area contributed by atoms with Gasteiger partial charge in [-0.2, -0.15) is 0 Å². The van der Waals surface area contributed by atoms with Gasteiger partial charge in [-0.25, -0.2) is 0 Å². The largest absolute Gasteiger partial charge is 0.356 e. The van der Waals surface area contributed by atoms with Crippen molar-refractivity contribution in [2.24, 2.45) is 0 Å². The molecule has 2 nitrogen and oxygen atoms in total. The van der Waals surface area contributed by atoms with E-state index in [-0.39, 0.29) is 5.91 Å². The van der Waals surface area contributed by atoms with Gasteiger partial charge in [0.15, 0.2) is 0 Å². The highest BCUT2D eigenvalue weighted by Gasteiger charge is 1.99. The Morgan fingerprint density at radius 2 is 2.06 bits per heavy atom. The summed E-state index contributed by atoms with van der Waals surface area (Å²) in [5.74, 6) is 1.10. The summed E-state index contributed by atoms with van der Waals surface area (Å²) >= 11 is 7.54. The zero-order valence-corrected chi connectivity index (χ0v) is 10.9. The van der Waals surface area contributed by atoms with Crippen molar-refractivity contribution in [1.82, 2.24) is 5.32 Å². The molecule has 0 aromatic heterocycles. The number of hydrogen-bond acceptors (Lipinski definition) is 2. The highest BCUT2D eigenvalue weighted by molar-refractivity contribution is 7.99. The van der Waals surface area contributed by atoms with Crippen LogP contribution in [0.15, 0.2) is 29.2 Å². The second-order valence-electron chi connectivity index (χ2n) is 3.36. The van der Waals surface area contributed by atoms with Crippen molar-refractivity contribution in [1.29, 1.82) is 0 Å². The van der Waals surface area contributed by atoms with Gasteiger partial charge in [-0.1, -0.05) is 11.6 Å². The normalized spacial score (nSPS) is 10.1. The van der Waals surface area contributed by atoms with Gasteiger partial charge in [0.1, 0.15) is 0 Å². The lowest BCUT2D eigenvalue weighted by Gasteiger charge is -2.02. The molecule has 0 radical (unpaired) electrons. The van der Waals surface area contributed by atoms with Gasteiger partial charge in [0.2, 0.25) is 5.91 Å². The summed E-state index contributed by atoms with van der Waals surface area (Å²) in [5.41, 5.74) is 0. The summed E-state index contributed by atoms with van der Waals surface area (Å²) < 4.78 is 0. The van der Waals surface area contributed by atoms with Crippen LogP contribution in [0.2, 0.25) is 5.02 Å². The Hall–Kier alpha value is -0.670. The van der Waals surface area contributed by atoms with Crippen molar-refractivity contribution in [2.75, 3.05) is 12.3 Å². The highest BCUT2D eigenvalue weighted by Crippen LogP contribution is 2.21. The summed E-state index contributed by atoms with van der Waals surface area (Å²) in [5, 5.41) is 3.54. The first-order chi connectivity index (χ1) is 7.72. The van der Waals surface area contributed by atoms with Crippen LogP contribution in [0.1, 0.15) is 19.8 Å². The van der Waals surface area contributed by atoms with Gasteiger partial charge in [-0.3, -0.25) is 4.79 Å². The zero-order valence-electron chi connectivity index (χ0n) is 9.33. The lowest BCUT2D eigenvalue weighted by atomic mass is 10.3. The maximum absolute atomic E-state index is 11.2. The minimum atomic E-state index is 0.138. The molecule has 1 rings (SSSR count). The SMILES string of the molecule is CCNC(=O)CCCSc1ccc(Cl)cc1. The van der Waals surface area contributed by atoms with E-state index >= 15 is 0 Å². The number of benzene rings is 1. The van der Waals surface area contributed by atoms with E-state index in [1.54, 1.807) is 11.8 Å². The number of carbonyl (C=O) groups excluding carboxylic acids is 1. The van der Waals surface area contributed by atoms with E-state index in [1.807, 2.05) is 31.2 Å². The van der Waals surface area contributed by atoms with E-state index in [2.05, 4.69) is 5.32 Å². The summed E-state index contributed by atoms with van der Waals surface area (Å²) in [6.45, 7) is 2.64. The van der Waals surface area contributed by atoms with E-state index in [1.165, 1.54) is 4.90 Å². The molecule has 1 amide bonds. The highest BCUT2D eigenvalue weighted by atomic mass is 35.5. The monoisotopic (exact) mass is 257 g/mol. The molecule has 0 saturated heterocycles. The fraction of sp³-hybridized carbons (Fsp3) is 0.417. The molecule has 1 N–H and O–H groups in total. The molecule has 1 aromatic rings. The Morgan fingerprint density at radius 1 is 1.38 bits per heavy atom. The Balaban J connectivity index is 2.16. The van der Waals surface area contributed by atoms with Crippen molar-refractivity contribution in [3.05, 3.63) is 29.3 Å². The minimum Gasteiger partial charge on any atom is -0.356 e. The molecular formula is C12H16ClNOS. The van der Waals surface area contributed by atoms with Crippen LogP contribution in [0.3, 0.4) is 0 Å². The topological polar surface area (TPSA) is 29.1 Å². The fourth-order valence-electron chi connectivity index (χ4n) is 1.24. The molecule has 16 heavy (non-hydrogen) atoms. The number of amides is 1. The summed E-state index contributed by atoms with van der Waals surface area (Å²) in [6.07, 6.45) is 1.51. The van der Waals surface area contributed by atoms with Crippen LogP contribution < -0.4 is 5.32 Å². The van der Waals surface area contributed by atoms with E-state index < -0.39 is 0 Å². The van der Waals surface area contributed by atoms with E-state index in [9.17, 15) is 4.79 Å². The molecule has 4 heteroatoms. The Labute approximate surface area is 106 Å². The van der Waals surface area contributed by atoms with E-state index in [4.69, 9.17) is 11.6 Å². The molecule has 1 aromatic carbocycles. The smallest absolute Gasteiger partial charge is 0.220 e. The third-order valence-electron chi connectivity index (χ3n) is 2.00. The van der Waals surface area contributed by atoms with Gasteiger partial charge in [-0.15, -0.1) is 11.8 Å². The molecule has 0 spiro atoms. The molecule has 0 saturated carbocycles. The zero-order chi connectivity index (χ0) is 11.8. The number of nitrogens with one attached hydrogen (secondary N) is 1. The van der Waals surface area contributed by atoms with E-state index in [0.717, 1.165) is 17.2 Å². The first kappa shape index (κ1) is 13.4. The van der Waals surface area contributed by atoms with Crippen LogP contribution in [-0.4, -0.2) is 18.2 Å². The quantitative estimate of drug-likeness (QED) is 0.626. The van der Waals surface area contributed by atoms with Gasteiger partial charge < -0.3 is 5.32 Å². The van der Waals surface area contributed by atoms with Crippen LogP contribution in [-0.2, 0) is 4.79 Å². The van der Waals surface area contributed by atoms with Crippen LogP contribution in [0.4, 0.5) is 0 Å². The van der Waals surface area contributed by atoms with Crippen LogP contribution in [0.5, 0.6) is 0 Å². The van der Waals surface area contributed by atoms with E-state index in [0.29, 0.717) is 13.0 Å².